The Morgan fingerprint density at radius 3 is 1.10 bits per heavy atom. The van der Waals surface area contributed by atoms with Crippen molar-refractivity contribution in [3.63, 3.8) is 0 Å². The van der Waals surface area contributed by atoms with E-state index in [0.29, 0.717) is 49.5 Å². The second-order valence-corrected chi connectivity index (χ2v) is 19.0. The van der Waals surface area contributed by atoms with Gasteiger partial charge in [-0.3, -0.25) is 14.4 Å². The minimum atomic E-state index is -1.35. The maximum absolute atomic E-state index is 13.9. The van der Waals surface area contributed by atoms with Gasteiger partial charge in [0, 0.05) is 55.1 Å². The SMILES string of the molecule is O=C(O)c1ccc(-c2c3ccc(=O)c(Br)c-3oc3c(Br)c(O)ccc23)c(-c2c3ccc(=O)c(Br)c-3oc3c(Br)c(O)ccc23)c1-c1c2ccc(=O)c(Br)c-2oc2c(Br)c(O)ccc12. The predicted molar refractivity (Wildman–Crippen MR) is 259 cm³/mol. The molecular weight excluding hydrogens is 1210 g/mol. The highest BCUT2D eigenvalue weighted by Gasteiger charge is 2.35. The average Bonchev–Trinajstić information content (AvgIpc) is 3.26. The number of carboxylic acids is 1. The van der Waals surface area contributed by atoms with Crippen LogP contribution in [0.2, 0.25) is 0 Å². The lowest BCUT2D eigenvalue weighted by Crippen LogP contribution is -2.09. The minimum Gasteiger partial charge on any atom is -0.507 e. The Bertz CT molecular complexity index is 3800. The second kappa shape index (κ2) is 15.2. The van der Waals surface area contributed by atoms with Crippen LogP contribution >= 0.6 is 95.6 Å². The number of aromatic hydroxyl groups is 3. The number of aromatic carboxylic acids is 1. The maximum Gasteiger partial charge on any atom is 0.336 e. The molecule has 3 heterocycles. The first-order chi connectivity index (χ1) is 30.1. The van der Waals surface area contributed by atoms with E-state index >= 15 is 0 Å². The van der Waals surface area contributed by atoms with Crippen LogP contribution in [0.15, 0.2) is 139 Å². The first kappa shape index (κ1) is 41.7. The highest BCUT2D eigenvalue weighted by atomic mass is 79.9. The van der Waals surface area contributed by atoms with Crippen LogP contribution in [0.25, 0.3) is 100 Å². The van der Waals surface area contributed by atoms with Gasteiger partial charge in [0.2, 0.25) is 0 Å². The topological polar surface area (TPSA) is 189 Å². The molecule has 4 aromatic rings. The third-order valence-electron chi connectivity index (χ3n) is 10.8. The Morgan fingerprint density at radius 1 is 0.381 bits per heavy atom. The van der Waals surface area contributed by atoms with E-state index in [-0.39, 0.29) is 100 Å². The fourth-order valence-corrected chi connectivity index (χ4v) is 10.7. The summed E-state index contributed by atoms with van der Waals surface area (Å²) in [5.74, 6) is -1.71. The molecule has 0 saturated heterocycles. The van der Waals surface area contributed by atoms with Crippen molar-refractivity contribution in [1.82, 2.24) is 0 Å². The molecule has 3 aliphatic carbocycles. The van der Waals surface area contributed by atoms with Crippen LogP contribution in [0.3, 0.4) is 0 Å². The molecule has 310 valence electrons. The van der Waals surface area contributed by atoms with Crippen LogP contribution in [0.1, 0.15) is 10.4 Å². The quantitative estimate of drug-likeness (QED) is 0.123. The van der Waals surface area contributed by atoms with Crippen molar-refractivity contribution in [2.75, 3.05) is 0 Å². The minimum absolute atomic E-state index is 0.0262. The fraction of sp³-hybridized carbons (Fsp3) is 0. The van der Waals surface area contributed by atoms with E-state index in [2.05, 4.69) is 95.6 Å². The van der Waals surface area contributed by atoms with Crippen molar-refractivity contribution in [2.45, 2.75) is 0 Å². The molecule has 0 aromatic heterocycles. The van der Waals surface area contributed by atoms with Crippen LogP contribution < -0.4 is 16.3 Å². The molecular formula is C46H18Br6O11. The zero-order valence-electron chi connectivity index (χ0n) is 31.0. The normalized spacial score (nSPS) is 11.8. The van der Waals surface area contributed by atoms with Crippen molar-refractivity contribution in [1.29, 1.82) is 0 Å². The average molecular weight is 1230 g/mol. The van der Waals surface area contributed by atoms with Crippen molar-refractivity contribution < 1.29 is 38.5 Å². The fourth-order valence-electron chi connectivity index (χ4n) is 8.11. The summed E-state index contributed by atoms with van der Waals surface area (Å²) in [7, 11) is 0. The molecule has 0 bridgehead atoms. The Morgan fingerprint density at radius 2 is 0.714 bits per heavy atom. The van der Waals surface area contributed by atoms with Gasteiger partial charge in [-0.1, -0.05) is 6.07 Å². The zero-order chi connectivity index (χ0) is 44.5. The monoisotopic (exact) mass is 1220 g/mol. The Balaban J connectivity index is 1.57. The molecule has 0 amide bonds. The molecule has 0 atom stereocenters. The molecule has 0 radical (unpaired) electrons. The molecule has 3 aliphatic heterocycles. The Labute approximate surface area is 402 Å². The van der Waals surface area contributed by atoms with Gasteiger partial charge in [0.1, 0.15) is 44.1 Å². The third kappa shape index (κ3) is 6.18. The molecule has 0 saturated carbocycles. The summed E-state index contributed by atoms with van der Waals surface area (Å²) in [6.07, 6.45) is 0. The maximum atomic E-state index is 13.9. The second-order valence-electron chi connectivity index (χ2n) is 14.2. The molecule has 63 heavy (non-hydrogen) atoms. The molecule has 0 unspecified atom stereocenters. The number of fused-ring (bicyclic) bond motifs is 6. The number of phenolic OH excluding ortho intramolecular Hbond substituents is 3. The number of carboxylic acid groups (broad SMARTS) is 1. The summed E-state index contributed by atoms with van der Waals surface area (Å²) in [6.45, 7) is 0. The standard InChI is InChI=1S/C46H18Br6O11/c47-34-23(53)9-3-16-29(17-4-10-24(54)35(48)41(17)61-40(16)34)15-1-2-22(46(59)60)33(31-20-7-13-27(57)38(51)44(20)63-45-21(31)8-14-28(58)39(45)52)32(15)30-18-5-11-25(55)36(49)42(18)62-43-19(30)6-12-26(56)37(43)50/h1-14,53,55,57H,(H,59,60). The summed E-state index contributed by atoms with van der Waals surface area (Å²) in [4.78, 5) is 53.7. The van der Waals surface area contributed by atoms with E-state index in [1.54, 1.807) is 36.4 Å². The van der Waals surface area contributed by atoms with Gasteiger partial charge in [0.25, 0.3) is 0 Å². The van der Waals surface area contributed by atoms with E-state index in [1.807, 2.05) is 0 Å². The first-order valence-electron chi connectivity index (χ1n) is 18.2. The van der Waals surface area contributed by atoms with Gasteiger partial charge in [0.05, 0.1) is 5.56 Å². The van der Waals surface area contributed by atoms with E-state index < -0.39 is 22.3 Å². The van der Waals surface area contributed by atoms with Gasteiger partial charge in [-0.25, -0.2) is 4.79 Å². The summed E-state index contributed by atoms with van der Waals surface area (Å²) in [5, 5.41) is 45.4. The molecule has 6 aliphatic rings. The van der Waals surface area contributed by atoms with Gasteiger partial charge in [-0.2, -0.15) is 0 Å². The van der Waals surface area contributed by atoms with Crippen LogP contribution in [-0.4, -0.2) is 26.4 Å². The number of phenols is 3. The number of hydrogen-bond donors (Lipinski definition) is 4. The molecule has 10 rings (SSSR count). The molecule has 11 nitrogen and oxygen atoms in total. The van der Waals surface area contributed by atoms with E-state index in [0.717, 1.165) is 0 Å². The molecule has 17 heteroatoms. The molecule has 0 fully saturated rings. The van der Waals surface area contributed by atoms with Crippen molar-refractivity contribution in [2.24, 2.45) is 0 Å². The molecule has 4 N–H and O–H groups in total. The van der Waals surface area contributed by atoms with Gasteiger partial charge < -0.3 is 33.7 Å². The first-order valence-corrected chi connectivity index (χ1v) is 23.0. The van der Waals surface area contributed by atoms with Crippen LogP contribution in [0, 0.1) is 0 Å². The van der Waals surface area contributed by atoms with Gasteiger partial charge in [0.15, 0.2) is 50.3 Å². The third-order valence-corrected chi connectivity index (χ3v) is 15.4. The van der Waals surface area contributed by atoms with Crippen LogP contribution in [-0.2, 0) is 0 Å². The highest BCUT2D eigenvalue weighted by Crippen LogP contribution is 2.57. The predicted octanol–water partition coefficient (Wildman–Crippen LogP) is 13.7. The summed E-state index contributed by atoms with van der Waals surface area (Å²) in [5.41, 5.74) is 1.58. The lowest BCUT2D eigenvalue weighted by molar-refractivity contribution is 0.0697. The number of rotatable bonds is 4. The number of benzene rings is 7. The van der Waals surface area contributed by atoms with Crippen LogP contribution in [0.4, 0.5) is 0 Å². The molecule has 0 spiro atoms. The van der Waals surface area contributed by atoms with Gasteiger partial charge in [-0.15, -0.1) is 0 Å². The largest absolute Gasteiger partial charge is 0.507 e. The number of hydrogen-bond acceptors (Lipinski definition) is 10. The lowest BCUT2D eigenvalue weighted by Gasteiger charge is -2.27. The molecule has 4 aromatic carbocycles. The Hall–Kier alpha value is -5.30. The van der Waals surface area contributed by atoms with E-state index in [4.69, 9.17) is 13.3 Å². The van der Waals surface area contributed by atoms with E-state index in [9.17, 15) is 39.6 Å². The Kier molecular flexibility index (Phi) is 10.0. The van der Waals surface area contributed by atoms with Crippen molar-refractivity contribution in [3.05, 3.63) is 148 Å². The number of halogens is 6. The van der Waals surface area contributed by atoms with Gasteiger partial charge >= 0.3 is 5.97 Å². The van der Waals surface area contributed by atoms with Crippen LogP contribution in [0.5, 0.6) is 17.2 Å². The van der Waals surface area contributed by atoms with E-state index in [1.165, 1.54) is 48.5 Å². The summed E-state index contributed by atoms with van der Waals surface area (Å²) in [6, 6.07) is 20.8. The highest BCUT2D eigenvalue weighted by molar-refractivity contribution is 9.11. The van der Waals surface area contributed by atoms with Crippen molar-refractivity contribution in [3.8, 4) is 84.6 Å². The smallest absolute Gasteiger partial charge is 0.336 e. The summed E-state index contributed by atoms with van der Waals surface area (Å²) >= 11 is 20.7. The summed E-state index contributed by atoms with van der Waals surface area (Å²) < 4.78 is 19.8. The lowest BCUT2D eigenvalue weighted by atomic mass is 9.78. The van der Waals surface area contributed by atoms with Gasteiger partial charge in [-0.05, 0) is 186 Å². The number of carbonyl (C=O) groups is 1. The van der Waals surface area contributed by atoms with Crippen molar-refractivity contribution >= 4 is 134 Å². The zero-order valence-corrected chi connectivity index (χ0v) is 40.5.